The number of hydrogen-bond acceptors (Lipinski definition) is 6. The van der Waals surface area contributed by atoms with Crippen LogP contribution in [0.25, 0.3) is 16.9 Å². The van der Waals surface area contributed by atoms with Crippen LogP contribution in [0.3, 0.4) is 0 Å². The zero-order valence-corrected chi connectivity index (χ0v) is 19.6. The van der Waals surface area contributed by atoms with E-state index in [0.717, 1.165) is 0 Å². The molecule has 178 valence electrons. The van der Waals surface area contributed by atoms with Gasteiger partial charge in [0.05, 0.1) is 24.9 Å². The number of hydrogen-bond donors (Lipinski definition) is 0. The van der Waals surface area contributed by atoms with Crippen molar-refractivity contribution in [3.05, 3.63) is 100 Å². The van der Waals surface area contributed by atoms with Gasteiger partial charge >= 0.3 is 11.9 Å². The molecule has 0 N–H and O–H groups in total. The molecular weight excluding hydrogens is 475 g/mol. The largest absolute Gasteiger partial charge is 0.489 e. The van der Waals surface area contributed by atoms with Gasteiger partial charge in [-0.25, -0.2) is 18.7 Å². The minimum atomic E-state index is -0.731. The fraction of sp³-hybridized carbons (Fsp3) is 0.115. The molecule has 0 aliphatic carbocycles. The number of methoxy groups -OCH3 is 2. The number of para-hydroxylation sites is 1. The Morgan fingerprint density at radius 1 is 0.943 bits per heavy atom. The second-order valence-electron chi connectivity index (χ2n) is 7.36. The van der Waals surface area contributed by atoms with Crippen LogP contribution in [0, 0.1) is 5.82 Å². The number of benzene rings is 3. The smallest absolute Gasteiger partial charge is 0.357 e. The molecular formula is C26H20ClFN2O5. The third kappa shape index (κ3) is 5.02. The van der Waals surface area contributed by atoms with Crippen molar-refractivity contribution >= 4 is 23.5 Å². The second-order valence-corrected chi connectivity index (χ2v) is 7.77. The lowest BCUT2D eigenvalue weighted by Crippen LogP contribution is -2.15. The molecule has 0 saturated heterocycles. The lowest BCUT2D eigenvalue weighted by atomic mass is 10.1. The molecule has 9 heteroatoms. The first kappa shape index (κ1) is 24.0. The number of carbonyl (C=O) groups excluding carboxylic acids is 2. The van der Waals surface area contributed by atoms with Crippen molar-refractivity contribution in [3.63, 3.8) is 0 Å². The minimum absolute atomic E-state index is 0.0159. The van der Waals surface area contributed by atoms with Crippen molar-refractivity contribution < 1.29 is 28.2 Å². The van der Waals surface area contributed by atoms with Gasteiger partial charge < -0.3 is 14.2 Å². The quantitative estimate of drug-likeness (QED) is 0.316. The van der Waals surface area contributed by atoms with Gasteiger partial charge in [-0.3, -0.25) is 0 Å². The van der Waals surface area contributed by atoms with E-state index in [1.54, 1.807) is 54.6 Å². The van der Waals surface area contributed by atoms with Gasteiger partial charge in [0.25, 0.3) is 0 Å². The Morgan fingerprint density at radius 3 is 2.26 bits per heavy atom. The molecule has 1 aromatic heterocycles. The molecule has 0 amide bonds. The molecule has 0 unspecified atom stereocenters. The summed E-state index contributed by atoms with van der Waals surface area (Å²) in [4.78, 5) is 25.4. The highest BCUT2D eigenvalue weighted by Crippen LogP contribution is 2.30. The molecule has 0 fully saturated rings. The molecule has 35 heavy (non-hydrogen) atoms. The van der Waals surface area contributed by atoms with Crippen LogP contribution >= 0.6 is 11.6 Å². The van der Waals surface area contributed by atoms with Crippen molar-refractivity contribution in [1.82, 2.24) is 9.78 Å². The van der Waals surface area contributed by atoms with Crippen molar-refractivity contribution in [3.8, 4) is 22.7 Å². The zero-order valence-electron chi connectivity index (χ0n) is 18.8. The molecule has 0 bridgehead atoms. The highest BCUT2D eigenvalue weighted by atomic mass is 35.5. The predicted molar refractivity (Wildman–Crippen MR) is 127 cm³/mol. The van der Waals surface area contributed by atoms with E-state index in [1.165, 1.54) is 31.0 Å². The average molecular weight is 495 g/mol. The maximum absolute atomic E-state index is 13.4. The summed E-state index contributed by atoms with van der Waals surface area (Å²) in [6, 6.07) is 20.1. The van der Waals surface area contributed by atoms with Gasteiger partial charge in [-0.15, -0.1) is 0 Å². The van der Waals surface area contributed by atoms with Gasteiger partial charge in [0, 0.05) is 5.56 Å². The maximum Gasteiger partial charge on any atom is 0.357 e. The third-order valence-electron chi connectivity index (χ3n) is 5.17. The molecule has 0 saturated carbocycles. The molecule has 0 spiro atoms. The third-order valence-corrected chi connectivity index (χ3v) is 5.46. The van der Waals surface area contributed by atoms with Gasteiger partial charge in [0.1, 0.15) is 29.4 Å². The van der Waals surface area contributed by atoms with E-state index >= 15 is 0 Å². The number of ether oxygens (including phenoxy) is 3. The van der Waals surface area contributed by atoms with E-state index in [4.69, 9.17) is 25.8 Å². The maximum atomic E-state index is 13.4. The van der Waals surface area contributed by atoms with Crippen LogP contribution in [0.4, 0.5) is 4.39 Å². The molecule has 1 heterocycles. The van der Waals surface area contributed by atoms with E-state index in [0.29, 0.717) is 22.6 Å². The predicted octanol–water partition coefficient (Wildman–Crippen LogP) is 5.48. The minimum Gasteiger partial charge on any atom is -0.489 e. The van der Waals surface area contributed by atoms with Gasteiger partial charge in [0.2, 0.25) is 0 Å². The molecule has 0 radical (unpaired) electrons. The number of carbonyl (C=O) groups is 2. The topological polar surface area (TPSA) is 79.7 Å². The van der Waals surface area contributed by atoms with Crippen molar-refractivity contribution in [2.24, 2.45) is 0 Å². The Kier molecular flexibility index (Phi) is 7.12. The Morgan fingerprint density at radius 2 is 1.63 bits per heavy atom. The van der Waals surface area contributed by atoms with E-state index in [9.17, 15) is 14.0 Å². The summed E-state index contributed by atoms with van der Waals surface area (Å²) in [6.07, 6.45) is 0. The van der Waals surface area contributed by atoms with Gasteiger partial charge in [0.15, 0.2) is 5.69 Å². The van der Waals surface area contributed by atoms with Crippen LogP contribution in [-0.4, -0.2) is 35.9 Å². The van der Waals surface area contributed by atoms with E-state index in [2.05, 4.69) is 5.10 Å². The van der Waals surface area contributed by atoms with Gasteiger partial charge in [-0.2, -0.15) is 5.10 Å². The Labute approximate surface area is 205 Å². The van der Waals surface area contributed by atoms with E-state index in [-0.39, 0.29) is 28.6 Å². The van der Waals surface area contributed by atoms with Crippen LogP contribution in [0.15, 0.2) is 72.8 Å². The summed E-state index contributed by atoms with van der Waals surface area (Å²) in [6.45, 7) is 0.182. The Balaban J connectivity index is 1.70. The van der Waals surface area contributed by atoms with Crippen LogP contribution in [0.5, 0.6) is 5.75 Å². The van der Waals surface area contributed by atoms with Crippen LogP contribution in [-0.2, 0) is 16.1 Å². The average Bonchev–Trinajstić information content (AvgIpc) is 3.30. The number of rotatable bonds is 7. The van der Waals surface area contributed by atoms with Crippen LogP contribution in [0.2, 0.25) is 5.02 Å². The van der Waals surface area contributed by atoms with E-state index < -0.39 is 17.8 Å². The molecule has 0 atom stereocenters. The van der Waals surface area contributed by atoms with Crippen molar-refractivity contribution in [2.75, 3.05) is 14.2 Å². The number of esters is 2. The first-order chi connectivity index (χ1) is 16.9. The van der Waals surface area contributed by atoms with Crippen molar-refractivity contribution in [2.45, 2.75) is 6.61 Å². The molecule has 7 nitrogen and oxygen atoms in total. The first-order valence-corrected chi connectivity index (χ1v) is 10.8. The lowest BCUT2D eigenvalue weighted by molar-refractivity contribution is 0.0549. The summed E-state index contributed by atoms with van der Waals surface area (Å²) >= 11 is 5.82. The van der Waals surface area contributed by atoms with E-state index in [1.807, 2.05) is 6.07 Å². The number of aromatic nitrogens is 2. The summed E-state index contributed by atoms with van der Waals surface area (Å²) < 4.78 is 30.3. The normalized spacial score (nSPS) is 10.6. The molecule has 3 aromatic carbocycles. The first-order valence-electron chi connectivity index (χ1n) is 10.4. The molecule has 4 rings (SSSR count). The SMILES string of the molecule is COC(=O)c1c(-c2ccc(OCc3ccc(F)c(Cl)c3)cc2)nn(-c2ccccc2)c1C(=O)OC. The summed E-state index contributed by atoms with van der Waals surface area (Å²) in [7, 11) is 2.46. The van der Waals surface area contributed by atoms with Gasteiger partial charge in [-0.1, -0.05) is 35.9 Å². The van der Waals surface area contributed by atoms with Crippen LogP contribution < -0.4 is 4.74 Å². The highest BCUT2D eigenvalue weighted by molar-refractivity contribution is 6.30. The second kappa shape index (κ2) is 10.4. The van der Waals surface area contributed by atoms with Crippen molar-refractivity contribution in [1.29, 1.82) is 0 Å². The summed E-state index contributed by atoms with van der Waals surface area (Å²) in [5.41, 5.74) is 2.02. The summed E-state index contributed by atoms with van der Waals surface area (Å²) in [5.74, 6) is -1.42. The standard InChI is InChI=1S/C26H20ClFN2O5/c1-33-25(31)22-23(29-30(24(22)26(32)34-2)18-6-4-3-5-7-18)17-9-11-19(12-10-17)35-15-16-8-13-21(28)20(27)14-16/h3-14H,15H2,1-2H3. The fourth-order valence-corrected chi connectivity index (χ4v) is 3.67. The lowest BCUT2D eigenvalue weighted by Gasteiger charge is -2.08. The fourth-order valence-electron chi connectivity index (χ4n) is 3.46. The summed E-state index contributed by atoms with van der Waals surface area (Å²) in [5, 5.41) is 4.57. The highest BCUT2D eigenvalue weighted by Gasteiger charge is 2.31. The molecule has 4 aromatic rings. The zero-order chi connectivity index (χ0) is 24.9. The Hall–Kier alpha value is -4.17. The molecule has 0 aliphatic heterocycles. The molecule has 0 aliphatic rings. The number of halogens is 2. The van der Waals surface area contributed by atoms with Gasteiger partial charge in [-0.05, 0) is 54.1 Å². The Bertz CT molecular complexity index is 1370. The number of nitrogens with zero attached hydrogens (tertiary/aromatic N) is 2. The van der Waals surface area contributed by atoms with Crippen LogP contribution in [0.1, 0.15) is 26.4 Å². The monoisotopic (exact) mass is 494 g/mol.